The monoisotopic (exact) mass is 579 g/mol. The van der Waals surface area contributed by atoms with Crippen LogP contribution in [0, 0.1) is 0 Å². The Hall–Kier alpha value is -4.33. The van der Waals surface area contributed by atoms with Crippen LogP contribution in [0.3, 0.4) is 0 Å². The molecule has 3 aromatic rings. The first-order valence-electron chi connectivity index (χ1n) is 11.4. The molecule has 0 aliphatic carbocycles. The number of aromatic amines is 1. The number of phosphoric acid groups is 1. The highest BCUT2D eigenvalue weighted by Gasteiger charge is 2.57. The fraction of sp³-hybridized carbons (Fsp3) is 0.304. The number of nitrogens with zero attached hydrogens (tertiary/aromatic N) is 4. The SMILES string of the molecule is COc1ccc(OP(=O)(OC[C@@]2(N=[N+]=[N-])O[C@@H](n3ccc(=O)[nH]c3=O)[C@H](F)[C@@H]2O)Oc2ccc(OC)cc2)cc1. The number of rotatable bonds is 11. The number of azide groups is 1. The maximum atomic E-state index is 15.2. The van der Waals surface area contributed by atoms with Gasteiger partial charge in [-0.2, -0.15) is 0 Å². The van der Waals surface area contributed by atoms with Crippen molar-refractivity contribution >= 4 is 7.82 Å². The van der Waals surface area contributed by atoms with Gasteiger partial charge in [-0.25, -0.2) is 13.8 Å². The summed E-state index contributed by atoms with van der Waals surface area (Å²) in [7, 11) is -1.78. The van der Waals surface area contributed by atoms with Gasteiger partial charge in [0.25, 0.3) is 5.56 Å². The predicted molar refractivity (Wildman–Crippen MR) is 135 cm³/mol. The molecule has 2 aromatic carbocycles. The zero-order valence-corrected chi connectivity index (χ0v) is 21.8. The highest BCUT2D eigenvalue weighted by Crippen LogP contribution is 2.52. The molecule has 0 bridgehead atoms. The lowest BCUT2D eigenvalue weighted by Crippen LogP contribution is -2.44. The van der Waals surface area contributed by atoms with Crippen molar-refractivity contribution in [1.82, 2.24) is 9.55 Å². The molecule has 0 amide bonds. The maximum absolute atomic E-state index is 15.2. The third-order valence-electron chi connectivity index (χ3n) is 5.68. The average molecular weight is 579 g/mol. The van der Waals surface area contributed by atoms with Crippen molar-refractivity contribution in [3.05, 3.63) is 92.1 Å². The van der Waals surface area contributed by atoms with E-state index in [1.807, 2.05) is 4.98 Å². The summed E-state index contributed by atoms with van der Waals surface area (Å²) in [5, 5.41) is 14.0. The number of nitrogens with one attached hydrogen (secondary N) is 1. The van der Waals surface area contributed by atoms with E-state index in [4.69, 9.17) is 33.3 Å². The number of aromatic nitrogens is 2. The molecule has 1 saturated heterocycles. The van der Waals surface area contributed by atoms with Crippen molar-refractivity contribution in [1.29, 1.82) is 0 Å². The van der Waals surface area contributed by atoms with E-state index in [9.17, 15) is 19.3 Å². The van der Waals surface area contributed by atoms with Crippen LogP contribution in [-0.4, -0.2) is 53.5 Å². The molecule has 0 spiro atoms. The molecule has 1 aliphatic rings. The highest BCUT2D eigenvalue weighted by atomic mass is 31.2. The molecular formula is C23H23FN5O10P. The van der Waals surface area contributed by atoms with E-state index in [0.717, 1.165) is 12.3 Å². The zero-order valence-electron chi connectivity index (χ0n) is 20.9. The molecule has 15 nitrogen and oxygen atoms in total. The number of methoxy groups -OCH3 is 2. The second-order valence-electron chi connectivity index (χ2n) is 8.20. The van der Waals surface area contributed by atoms with Gasteiger partial charge in [0.2, 0.25) is 5.72 Å². The van der Waals surface area contributed by atoms with Crippen LogP contribution in [0.5, 0.6) is 23.0 Å². The Kier molecular flexibility index (Phi) is 8.47. The summed E-state index contributed by atoms with van der Waals surface area (Å²) < 4.78 is 61.8. The molecule has 212 valence electrons. The van der Waals surface area contributed by atoms with Crippen LogP contribution < -0.4 is 29.8 Å². The first-order chi connectivity index (χ1) is 19.1. The molecule has 17 heteroatoms. The molecule has 1 aliphatic heterocycles. The van der Waals surface area contributed by atoms with Gasteiger partial charge in [-0.3, -0.25) is 18.9 Å². The van der Waals surface area contributed by atoms with Crippen LogP contribution in [0.2, 0.25) is 0 Å². The summed E-state index contributed by atoms with van der Waals surface area (Å²) >= 11 is 0. The lowest BCUT2D eigenvalue weighted by atomic mass is 10.1. The van der Waals surface area contributed by atoms with Crippen LogP contribution in [0.1, 0.15) is 6.23 Å². The normalized spacial score (nSPS) is 22.2. The first kappa shape index (κ1) is 28.7. The fourth-order valence-corrected chi connectivity index (χ4v) is 4.91. The summed E-state index contributed by atoms with van der Waals surface area (Å²) in [6, 6.07) is 12.6. The second kappa shape index (κ2) is 11.8. The van der Waals surface area contributed by atoms with Crippen LogP contribution >= 0.6 is 7.82 Å². The number of hydrogen-bond donors (Lipinski definition) is 2. The van der Waals surface area contributed by atoms with E-state index in [2.05, 4.69) is 10.0 Å². The molecule has 4 rings (SSSR count). The number of aliphatic hydroxyl groups is 1. The lowest BCUT2D eigenvalue weighted by Gasteiger charge is -2.28. The van der Waals surface area contributed by atoms with Gasteiger partial charge >= 0.3 is 13.5 Å². The predicted octanol–water partition coefficient (Wildman–Crippen LogP) is 3.07. The molecule has 0 radical (unpaired) electrons. The maximum Gasteiger partial charge on any atom is 0.587 e. The van der Waals surface area contributed by atoms with Gasteiger partial charge in [-0.15, -0.1) is 0 Å². The van der Waals surface area contributed by atoms with Crippen LogP contribution in [0.15, 0.2) is 75.5 Å². The Morgan fingerprint density at radius 3 is 2.05 bits per heavy atom. The number of halogens is 1. The fourth-order valence-electron chi connectivity index (χ4n) is 3.67. The van der Waals surface area contributed by atoms with Crippen molar-refractivity contribution in [3.8, 4) is 23.0 Å². The number of aliphatic hydroxyl groups excluding tert-OH is 1. The Morgan fingerprint density at radius 2 is 1.57 bits per heavy atom. The summed E-state index contributed by atoms with van der Waals surface area (Å²) in [6.45, 7) is -1.04. The number of benzene rings is 2. The molecule has 40 heavy (non-hydrogen) atoms. The lowest BCUT2D eigenvalue weighted by molar-refractivity contribution is -0.122. The van der Waals surface area contributed by atoms with Crippen LogP contribution in [-0.2, 0) is 13.8 Å². The zero-order chi connectivity index (χ0) is 28.9. The Bertz CT molecular complexity index is 1490. The van der Waals surface area contributed by atoms with Crippen molar-refractivity contribution in [2.75, 3.05) is 20.8 Å². The Labute approximate surface area is 224 Å². The standard InChI is InChI=1S/C23H23FN5O10P/c1-34-14-3-7-16(8-4-14)38-40(33,39-17-9-5-15(35-2)6-10-17)36-13-23(27-28-25)20(31)19(24)21(37-23)29-12-11-18(30)26-22(29)32/h3-12,19-21,31H,13H2,1-2H3,(H,26,30,32)/t19-,20+,21-,23-/m1/s1. The van der Waals surface area contributed by atoms with Crippen molar-refractivity contribution in [2.45, 2.75) is 24.2 Å². The van der Waals surface area contributed by atoms with E-state index in [0.29, 0.717) is 16.1 Å². The smallest absolute Gasteiger partial charge is 0.497 e. The molecule has 2 N–H and O–H groups in total. The largest absolute Gasteiger partial charge is 0.587 e. The third kappa shape index (κ3) is 6.11. The number of ether oxygens (including phenoxy) is 3. The molecule has 0 unspecified atom stereocenters. The number of hydrogen-bond acceptors (Lipinski definition) is 11. The minimum Gasteiger partial charge on any atom is -0.497 e. The number of alkyl halides is 1. The van der Waals surface area contributed by atoms with Crippen molar-refractivity contribution in [2.24, 2.45) is 5.11 Å². The van der Waals surface area contributed by atoms with Gasteiger partial charge < -0.3 is 28.4 Å². The van der Waals surface area contributed by atoms with E-state index in [-0.39, 0.29) is 11.5 Å². The van der Waals surface area contributed by atoms with E-state index in [1.54, 1.807) is 0 Å². The number of phosphoric ester groups is 1. The van der Waals surface area contributed by atoms with Gasteiger partial charge in [0, 0.05) is 17.2 Å². The summed E-state index contributed by atoms with van der Waals surface area (Å²) in [4.78, 5) is 28.1. The minimum absolute atomic E-state index is 0.0180. The average Bonchev–Trinajstić information content (AvgIpc) is 3.18. The third-order valence-corrected chi connectivity index (χ3v) is 7.00. The van der Waals surface area contributed by atoms with Crippen LogP contribution in [0.4, 0.5) is 4.39 Å². The van der Waals surface area contributed by atoms with Gasteiger partial charge in [0.1, 0.15) is 29.1 Å². The van der Waals surface area contributed by atoms with E-state index < -0.39 is 49.9 Å². The van der Waals surface area contributed by atoms with Crippen molar-refractivity contribution < 1.29 is 41.8 Å². The molecule has 2 heterocycles. The van der Waals surface area contributed by atoms with Gasteiger partial charge in [0.15, 0.2) is 12.4 Å². The molecule has 1 aromatic heterocycles. The molecule has 4 atom stereocenters. The molecule has 0 saturated carbocycles. The van der Waals surface area contributed by atoms with Crippen LogP contribution in [0.25, 0.3) is 10.4 Å². The number of H-pyrrole nitrogens is 1. The van der Waals surface area contributed by atoms with Gasteiger partial charge in [-0.05, 0) is 54.1 Å². The van der Waals surface area contributed by atoms with E-state index >= 15 is 4.39 Å². The summed E-state index contributed by atoms with van der Waals surface area (Å²) in [5.41, 5.74) is 4.82. The minimum atomic E-state index is -4.68. The topological polar surface area (TPSA) is 196 Å². The second-order valence-corrected chi connectivity index (χ2v) is 9.72. The van der Waals surface area contributed by atoms with Crippen molar-refractivity contribution in [3.63, 3.8) is 0 Å². The summed E-state index contributed by atoms with van der Waals surface area (Å²) in [6.07, 6.45) is -5.47. The quantitative estimate of drug-likeness (QED) is 0.147. The Morgan fingerprint density at radius 1 is 1.05 bits per heavy atom. The van der Waals surface area contributed by atoms with Gasteiger partial charge in [0.05, 0.1) is 20.8 Å². The molecule has 1 fully saturated rings. The summed E-state index contributed by atoms with van der Waals surface area (Å²) in [5.74, 6) is 0.983. The Balaban J connectivity index is 1.64. The highest BCUT2D eigenvalue weighted by molar-refractivity contribution is 7.49. The van der Waals surface area contributed by atoms with E-state index in [1.165, 1.54) is 62.8 Å². The van der Waals surface area contributed by atoms with Gasteiger partial charge in [-0.1, -0.05) is 5.11 Å². The first-order valence-corrected chi connectivity index (χ1v) is 12.9. The molecular weight excluding hydrogens is 556 g/mol.